The van der Waals surface area contributed by atoms with E-state index >= 15 is 0 Å². The van der Waals surface area contributed by atoms with Gasteiger partial charge in [0.15, 0.2) is 0 Å². The molecule has 128 valence electrons. The number of nitrogens with zero attached hydrogens (tertiary/aromatic N) is 1. The molecule has 0 aliphatic heterocycles. The van der Waals surface area contributed by atoms with E-state index in [1.165, 1.54) is 6.07 Å². The van der Waals surface area contributed by atoms with Crippen molar-refractivity contribution < 1.29 is 14.8 Å². The molecule has 2 aromatic carbocycles. The highest BCUT2D eigenvalue weighted by Crippen LogP contribution is 2.28. The highest BCUT2D eigenvalue weighted by molar-refractivity contribution is 5.63. The monoisotopic (exact) mass is 330 g/mol. The predicted octanol–water partition coefficient (Wildman–Crippen LogP) is 3.88. The second-order valence-corrected chi connectivity index (χ2v) is 6.44. The molecule has 2 N–H and O–H groups in total. The number of nitrogens with one attached hydrogen (secondary N) is 1. The number of hydrogen-bond acceptors (Lipinski definition) is 5. The molecule has 0 fully saturated rings. The summed E-state index contributed by atoms with van der Waals surface area (Å²) in [5.74, 6) is 0.735. The van der Waals surface area contributed by atoms with Gasteiger partial charge >= 0.3 is 0 Å². The van der Waals surface area contributed by atoms with E-state index in [0.29, 0.717) is 17.8 Å². The third kappa shape index (κ3) is 4.70. The molecule has 0 atom stereocenters. The van der Waals surface area contributed by atoms with Crippen LogP contribution in [0.5, 0.6) is 5.75 Å². The second kappa shape index (κ2) is 7.31. The van der Waals surface area contributed by atoms with Crippen LogP contribution in [0.2, 0.25) is 0 Å². The molecule has 0 saturated carbocycles. The van der Waals surface area contributed by atoms with Gasteiger partial charge in [-0.25, -0.2) is 0 Å². The lowest BCUT2D eigenvalue weighted by Crippen LogP contribution is -2.23. The Kier molecular flexibility index (Phi) is 5.41. The predicted molar refractivity (Wildman–Crippen MR) is 93.2 cm³/mol. The lowest BCUT2D eigenvalue weighted by Gasteiger charge is -2.23. The van der Waals surface area contributed by atoms with E-state index < -0.39 is 4.92 Å². The molecule has 0 aliphatic rings. The number of rotatable bonds is 6. The molecule has 2 aromatic rings. The summed E-state index contributed by atoms with van der Waals surface area (Å²) >= 11 is 0. The van der Waals surface area contributed by atoms with Crippen molar-refractivity contribution in [3.63, 3.8) is 0 Å². The number of aliphatic hydroxyl groups is 1. The Morgan fingerprint density at radius 2 is 1.92 bits per heavy atom. The number of nitro benzene ring substituents is 1. The number of aliphatic hydroxyl groups excluding tert-OH is 1. The summed E-state index contributed by atoms with van der Waals surface area (Å²) < 4.78 is 5.93. The second-order valence-electron chi connectivity index (χ2n) is 6.44. The lowest BCUT2D eigenvalue weighted by atomic mass is 10.1. The molecule has 6 heteroatoms. The Labute approximate surface area is 141 Å². The van der Waals surface area contributed by atoms with Gasteiger partial charge in [-0.1, -0.05) is 18.2 Å². The summed E-state index contributed by atoms with van der Waals surface area (Å²) in [6.07, 6.45) is 0. The standard InChI is InChI=1S/C18H22N2O4/c1-18(2,3)24-17-7-5-4-6-14(17)11-19-15-10-13(12-21)8-9-16(15)20(22)23/h4-10,19,21H,11-12H2,1-3H3. The topological polar surface area (TPSA) is 84.6 Å². The van der Waals surface area contributed by atoms with Crippen LogP contribution in [-0.4, -0.2) is 15.6 Å². The van der Waals surface area contributed by atoms with Gasteiger partial charge in [-0.3, -0.25) is 10.1 Å². The molecule has 0 saturated heterocycles. The third-order valence-electron chi connectivity index (χ3n) is 3.30. The Balaban J connectivity index is 2.24. The van der Waals surface area contributed by atoms with Crippen molar-refractivity contribution in [3.05, 3.63) is 63.7 Å². The zero-order valence-electron chi connectivity index (χ0n) is 14.1. The zero-order chi connectivity index (χ0) is 17.7. The quantitative estimate of drug-likeness (QED) is 0.620. The number of benzene rings is 2. The highest BCUT2D eigenvalue weighted by atomic mass is 16.6. The van der Waals surface area contributed by atoms with Gasteiger partial charge in [-0.15, -0.1) is 0 Å². The van der Waals surface area contributed by atoms with E-state index in [9.17, 15) is 15.2 Å². The fourth-order valence-electron chi connectivity index (χ4n) is 2.25. The minimum atomic E-state index is -0.443. The third-order valence-corrected chi connectivity index (χ3v) is 3.30. The van der Waals surface area contributed by atoms with E-state index in [-0.39, 0.29) is 17.9 Å². The zero-order valence-corrected chi connectivity index (χ0v) is 14.1. The molecule has 0 bridgehead atoms. The highest BCUT2D eigenvalue weighted by Gasteiger charge is 2.16. The van der Waals surface area contributed by atoms with Gasteiger partial charge in [0.05, 0.1) is 11.5 Å². The van der Waals surface area contributed by atoms with Crippen molar-refractivity contribution in [2.75, 3.05) is 5.32 Å². The van der Waals surface area contributed by atoms with Gasteiger partial charge < -0.3 is 15.2 Å². The van der Waals surface area contributed by atoms with Crippen molar-refractivity contribution in [1.29, 1.82) is 0 Å². The van der Waals surface area contributed by atoms with Crippen LogP contribution in [0.3, 0.4) is 0 Å². The molecule has 0 spiro atoms. The molecule has 0 radical (unpaired) electrons. The normalized spacial score (nSPS) is 11.2. The molecule has 24 heavy (non-hydrogen) atoms. The number of anilines is 1. The van der Waals surface area contributed by atoms with Crippen LogP contribution in [0.25, 0.3) is 0 Å². The van der Waals surface area contributed by atoms with Crippen LogP contribution < -0.4 is 10.1 Å². The molecule has 0 aliphatic carbocycles. The summed E-state index contributed by atoms with van der Waals surface area (Å²) in [7, 11) is 0. The molecule has 0 heterocycles. The van der Waals surface area contributed by atoms with Crippen LogP contribution in [0.15, 0.2) is 42.5 Å². The Hall–Kier alpha value is -2.60. The van der Waals surface area contributed by atoms with Crippen molar-refractivity contribution >= 4 is 11.4 Å². The van der Waals surface area contributed by atoms with E-state index in [1.54, 1.807) is 12.1 Å². The molecule has 0 aromatic heterocycles. The molecule has 2 rings (SSSR count). The minimum absolute atomic E-state index is 0.0265. The summed E-state index contributed by atoms with van der Waals surface area (Å²) in [5.41, 5.74) is 1.52. The number of ether oxygens (including phenoxy) is 1. The smallest absolute Gasteiger partial charge is 0.292 e. The van der Waals surface area contributed by atoms with E-state index in [0.717, 1.165) is 11.3 Å². The van der Waals surface area contributed by atoms with Gasteiger partial charge in [-0.2, -0.15) is 0 Å². The van der Waals surface area contributed by atoms with Gasteiger partial charge in [-0.05, 0) is 44.5 Å². The summed E-state index contributed by atoms with van der Waals surface area (Å²) in [5, 5.41) is 23.5. The van der Waals surface area contributed by atoms with E-state index in [1.807, 2.05) is 45.0 Å². The fraction of sp³-hybridized carbons (Fsp3) is 0.333. The van der Waals surface area contributed by atoms with Gasteiger partial charge in [0.2, 0.25) is 0 Å². The van der Waals surface area contributed by atoms with Crippen LogP contribution in [0.1, 0.15) is 31.9 Å². The molecule has 0 amide bonds. The van der Waals surface area contributed by atoms with Gasteiger partial charge in [0, 0.05) is 18.2 Å². The Bertz CT molecular complexity index is 723. The first-order chi connectivity index (χ1) is 11.3. The average molecular weight is 330 g/mol. The SMILES string of the molecule is CC(C)(C)Oc1ccccc1CNc1cc(CO)ccc1[N+](=O)[O-]. The maximum Gasteiger partial charge on any atom is 0.292 e. The van der Waals surface area contributed by atoms with Crippen LogP contribution in [0.4, 0.5) is 11.4 Å². The largest absolute Gasteiger partial charge is 0.488 e. The lowest BCUT2D eigenvalue weighted by molar-refractivity contribution is -0.384. The summed E-state index contributed by atoms with van der Waals surface area (Å²) in [6, 6.07) is 12.1. The van der Waals surface area contributed by atoms with Crippen molar-refractivity contribution in [1.82, 2.24) is 0 Å². The van der Waals surface area contributed by atoms with Gasteiger partial charge in [0.1, 0.15) is 17.0 Å². The van der Waals surface area contributed by atoms with Crippen molar-refractivity contribution in [3.8, 4) is 5.75 Å². The van der Waals surface area contributed by atoms with Crippen molar-refractivity contribution in [2.45, 2.75) is 39.5 Å². The van der Waals surface area contributed by atoms with Crippen LogP contribution in [-0.2, 0) is 13.2 Å². The van der Waals surface area contributed by atoms with E-state index in [2.05, 4.69) is 5.32 Å². The maximum absolute atomic E-state index is 11.2. The Morgan fingerprint density at radius 3 is 2.54 bits per heavy atom. The van der Waals surface area contributed by atoms with Crippen molar-refractivity contribution in [2.24, 2.45) is 0 Å². The first-order valence-electron chi connectivity index (χ1n) is 7.69. The molecule has 6 nitrogen and oxygen atoms in total. The summed E-state index contributed by atoms with van der Waals surface area (Å²) in [4.78, 5) is 10.7. The van der Waals surface area contributed by atoms with E-state index in [4.69, 9.17) is 4.74 Å². The number of nitro groups is 1. The fourth-order valence-corrected chi connectivity index (χ4v) is 2.25. The number of hydrogen-bond donors (Lipinski definition) is 2. The molecular formula is C18H22N2O4. The first kappa shape index (κ1) is 17.7. The average Bonchev–Trinajstić information content (AvgIpc) is 2.52. The maximum atomic E-state index is 11.2. The number of para-hydroxylation sites is 1. The minimum Gasteiger partial charge on any atom is -0.488 e. The Morgan fingerprint density at radius 1 is 1.21 bits per heavy atom. The van der Waals surface area contributed by atoms with Crippen LogP contribution in [0, 0.1) is 10.1 Å². The first-order valence-corrected chi connectivity index (χ1v) is 7.69. The van der Waals surface area contributed by atoms with Crippen LogP contribution >= 0.6 is 0 Å². The summed E-state index contributed by atoms with van der Waals surface area (Å²) in [6.45, 7) is 6.10. The molecular weight excluding hydrogens is 308 g/mol. The molecule has 0 unspecified atom stereocenters. The van der Waals surface area contributed by atoms with Gasteiger partial charge in [0.25, 0.3) is 5.69 Å².